The molecule has 0 saturated heterocycles. The lowest BCUT2D eigenvalue weighted by Crippen LogP contribution is -2.47. The first-order valence-corrected chi connectivity index (χ1v) is 18.0. The highest BCUT2D eigenvalue weighted by molar-refractivity contribution is 9.10. The molecule has 3 aromatic rings. The van der Waals surface area contributed by atoms with E-state index in [-0.39, 0.29) is 21.8 Å². The summed E-state index contributed by atoms with van der Waals surface area (Å²) in [5, 5.41) is -0.188. The van der Waals surface area contributed by atoms with Crippen LogP contribution in [0.2, 0.25) is 18.1 Å². The van der Waals surface area contributed by atoms with Gasteiger partial charge in [0.15, 0.2) is 8.32 Å². The fraction of sp³-hybridized carbons (Fsp3) is 0.357. The van der Waals surface area contributed by atoms with Gasteiger partial charge in [0.25, 0.3) is 0 Å². The highest BCUT2D eigenvalue weighted by atomic mass is 79.9. The van der Waals surface area contributed by atoms with E-state index in [1.165, 1.54) is 0 Å². The van der Waals surface area contributed by atoms with Gasteiger partial charge in [0, 0.05) is 9.37 Å². The molecule has 0 fully saturated rings. The summed E-state index contributed by atoms with van der Waals surface area (Å²) in [7, 11) is -5.89. The maximum absolute atomic E-state index is 13.5. The van der Waals surface area contributed by atoms with Crippen LogP contribution in [0.1, 0.15) is 37.1 Å². The normalized spacial score (nSPS) is 14.4. The van der Waals surface area contributed by atoms with Crippen LogP contribution >= 0.6 is 27.7 Å². The van der Waals surface area contributed by atoms with Gasteiger partial charge in [-0.15, -0.1) is 11.8 Å². The minimum Gasteiger partial charge on any atom is -0.415 e. The van der Waals surface area contributed by atoms with E-state index in [1.807, 2.05) is 61.5 Å². The molecule has 0 unspecified atom stereocenters. The number of hydrogen-bond donors (Lipinski definition) is 1. The van der Waals surface area contributed by atoms with E-state index in [0.29, 0.717) is 0 Å². The third-order valence-corrected chi connectivity index (χ3v) is 14.6. The van der Waals surface area contributed by atoms with Gasteiger partial charge >= 0.3 is 0 Å². The van der Waals surface area contributed by atoms with E-state index in [2.05, 4.69) is 66.7 Å². The molecule has 0 spiro atoms. The van der Waals surface area contributed by atoms with Crippen LogP contribution in [0, 0.1) is 6.92 Å². The molecule has 3 rings (SSSR count). The number of rotatable bonds is 10. The Balaban J connectivity index is 2.02. The van der Waals surface area contributed by atoms with Crippen LogP contribution in [0.3, 0.4) is 0 Å². The number of aryl methyl sites for hydroxylation is 1. The first kappa shape index (κ1) is 29.1. The largest absolute Gasteiger partial charge is 0.415 e. The van der Waals surface area contributed by atoms with Gasteiger partial charge in [-0.3, -0.25) is 0 Å². The number of sulfonamides is 1. The molecule has 0 aliphatic carbocycles. The summed E-state index contributed by atoms with van der Waals surface area (Å²) in [5.41, 5.74) is 2.06. The number of benzene rings is 3. The lowest BCUT2D eigenvalue weighted by molar-refractivity contribution is 0.252. The highest BCUT2D eigenvalue weighted by Crippen LogP contribution is 2.41. The van der Waals surface area contributed by atoms with Gasteiger partial charge in [0.1, 0.15) is 0 Å². The molecular formula is C28H36BrNO3S2Si. The van der Waals surface area contributed by atoms with Crippen molar-refractivity contribution in [2.75, 3.05) is 6.61 Å². The second kappa shape index (κ2) is 12.0. The number of hydrogen-bond acceptors (Lipinski definition) is 4. The Morgan fingerprint density at radius 2 is 1.53 bits per heavy atom. The summed E-state index contributed by atoms with van der Waals surface area (Å²) in [6, 6.07) is 24.6. The van der Waals surface area contributed by atoms with E-state index in [4.69, 9.17) is 4.43 Å². The van der Waals surface area contributed by atoms with E-state index >= 15 is 0 Å². The number of halogens is 1. The standard InChI is InChI=1S/C28H36BrNO3S2Si/c1-21-12-18-25(19-13-21)35(31,32)30-26(20-33-36(5,6)28(2,3)4)27(22-10-8-7-9-11-22)34-24-16-14-23(29)15-17-24/h7-19,26-27,30H,20H2,1-6H3/t26-,27+/m1/s1. The SMILES string of the molecule is Cc1ccc(S(=O)(=O)N[C@H](CO[Si](C)(C)C(C)(C)C)[C@@H](Sc2ccc(Br)cc2)c2ccccc2)cc1. The van der Waals surface area contributed by atoms with E-state index < -0.39 is 24.4 Å². The van der Waals surface area contributed by atoms with Crippen molar-refractivity contribution in [3.8, 4) is 0 Å². The van der Waals surface area contributed by atoms with Crippen molar-refractivity contribution in [1.29, 1.82) is 0 Å². The Labute approximate surface area is 230 Å². The Kier molecular flexibility index (Phi) is 9.68. The third-order valence-electron chi connectivity index (χ3n) is 6.64. The Bertz CT molecular complexity index is 1230. The van der Waals surface area contributed by atoms with Gasteiger partial charge in [0.2, 0.25) is 10.0 Å². The minimum atomic E-state index is -3.77. The van der Waals surface area contributed by atoms with Gasteiger partial charge in [-0.2, -0.15) is 0 Å². The fourth-order valence-corrected chi connectivity index (χ4v) is 7.17. The predicted molar refractivity (Wildman–Crippen MR) is 158 cm³/mol. The molecule has 0 heterocycles. The third kappa shape index (κ3) is 7.79. The average molecular weight is 607 g/mol. The van der Waals surface area contributed by atoms with Gasteiger partial charge in [-0.1, -0.05) is 84.7 Å². The summed E-state index contributed by atoms with van der Waals surface area (Å²) < 4.78 is 37.7. The van der Waals surface area contributed by atoms with Crippen molar-refractivity contribution in [3.63, 3.8) is 0 Å². The maximum atomic E-state index is 13.5. The molecule has 0 aliphatic rings. The van der Waals surface area contributed by atoms with E-state index in [1.54, 1.807) is 23.9 Å². The highest BCUT2D eigenvalue weighted by Gasteiger charge is 2.39. The Morgan fingerprint density at radius 1 is 0.944 bits per heavy atom. The van der Waals surface area contributed by atoms with Crippen molar-refractivity contribution in [2.24, 2.45) is 0 Å². The van der Waals surface area contributed by atoms with Gasteiger partial charge < -0.3 is 4.43 Å². The fourth-order valence-electron chi connectivity index (χ4n) is 3.37. The van der Waals surface area contributed by atoms with Crippen molar-refractivity contribution in [1.82, 2.24) is 4.72 Å². The first-order chi connectivity index (χ1) is 16.8. The van der Waals surface area contributed by atoms with Crippen LogP contribution in [0.15, 0.2) is 93.1 Å². The van der Waals surface area contributed by atoms with Crippen LogP contribution in [0.4, 0.5) is 0 Å². The summed E-state index contributed by atoms with van der Waals surface area (Å²) in [6.45, 7) is 13.2. The summed E-state index contributed by atoms with van der Waals surface area (Å²) in [5.74, 6) is 0. The van der Waals surface area contributed by atoms with Gasteiger partial charge in [0.05, 0.1) is 22.8 Å². The van der Waals surface area contributed by atoms with E-state index in [0.717, 1.165) is 20.5 Å². The predicted octanol–water partition coefficient (Wildman–Crippen LogP) is 7.96. The lowest BCUT2D eigenvalue weighted by Gasteiger charge is -2.38. The second-order valence-corrected chi connectivity index (χ2v) is 19.2. The van der Waals surface area contributed by atoms with Gasteiger partial charge in [-0.25, -0.2) is 13.1 Å². The molecule has 36 heavy (non-hydrogen) atoms. The maximum Gasteiger partial charge on any atom is 0.240 e. The van der Waals surface area contributed by atoms with Crippen LogP contribution in [-0.2, 0) is 14.4 Å². The van der Waals surface area contributed by atoms with Gasteiger partial charge in [-0.05, 0) is 67.0 Å². The quantitative estimate of drug-likeness (QED) is 0.188. The zero-order valence-corrected chi connectivity index (χ0v) is 26.0. The Hall–Kier alpha value is -1.42. The first-order valence-electron chi connectivity index (χ1n) is 12.0. The zero-order valence-electron chi connectivity index (χ0n) is 21.8. The zero-order chi connectivity index (χ0) is 26.6. The summed E-state index contributed by atoms with van der Waals surface area (Å²) >= 11 is 5.15. The molecule has 0 aromatic heterocycles. The molecular weight excluding hydrogens is 570 g/mol. The Morgan fingerprint density at radius 3 is 2.08 bits per heavy atom. The number of thioether (sulfide) groups is 1. The summed E-state index contributed by atoms with van der Waals surface area (Å²) in [6.07, 6.45) is 0. The smallest absolute Gasteiger partial charge is 0.240 e. The molecule has 0 amide bonds. The molecule has 0 bridgehead atoms. The van der Waals surface area contributed by atoms with Crippen LogP contribution in [-0.4, -0.2) is 29.4 Å². The van der Waals surface area contributed by atoms with Crippen LogP contribution in [0.5, 0.6) is 0 Å². The monoisotopic (exact) mass is 605 g/mol. The molecule has 2 atom stereocenters. The van der Waals surface area contributed by atoms with E-state index in [9.17, 15) is 8.42 Å². The second-order valence-electron chi connectivity index (χ2n) is 10.5. The summed E-state index contributed by atoms with van der Waals surface area (Å²) in [4.78, 5) is 1.31. The molecule has 1 N–H and O–H groups in total. The molecule has 3 aromatic carbocycles. The van der Waals surface area contributed by atoms with Crippen molar-refractivity contribution in [3.05, 3.63) is 94.5 Å². The molecule has 0 aliphatic heterocycles. The molecule has 0 radical (unpaired) electrons. The van der Waals surface area contributed by atoms with Crippen LogP contribution in [0.25, 0.3) is 0 Å². The van der Waals surface area contributed by atoms with Crippen molar-refractivity contribution >= 4 is 46.0 Å². The molecule has 0 saturated carbocycles. The minimum absolute atomic E-state index is 0.00841. The lowest BCUT2D eigenvalue weighted by atomic mass is 10.1. The van der Waals surface area contributed by atoms with Crippen LogP contribution < -0.4 is 4.72 Å². The molecule has 8 heteroatoms. The molecule has 4 nitrogen and oxygen atoms in total. The number of nitrogens with one attached hydrogen (secondary N) is 1. The van der Waals surface area contributed by atoms with Crippen molar-refractivity contribution < 1.29 is 12.8 Å². The topological polar surface area (TPSA) is 55.4 Å². The van der Waals surface area contributed by atoms with Crippen molar-refractivity contribution in [2.45, 2.75) is 66.9 Å². The average Bonchev–Trinajstić information content (AvgIpc) is 2.81. The molecule has 194 valence electrons.